The molecule has 0 bridgehead atoms. The number of benzene rings is 1. The van der Waals surface area contributed by atoms with Crippen molar-refractivity contribution in [3.63, 3.8) is 0 Å². The van der Waals surface area contributed by atoms with Crippen LogP contribution in [-0.2, 0) is 16.1 Å². The molecule has 1 aliphatic rings. The molecule has 6 heteroatoms. The van der Waals surface area contributed by atoms with E-state index >= 15 is 0 Å². The number of nitrogens with two attached hydrogens (primary N) is 1. The highest BCUT2D eigenvalue weighted by Gasteiger charge is 2.28. The van der Waals surface area contributed by atoms with Gasteiger partial charge in [0.1, 0.15) is 0 Å². The molecular weight excluding hydrogens is 292 g/mol. The molecule has 0 spiro atoms. The van der Waals surface area contributed by atoms with E-state index in [4.69, 9.17) is 5.73 Å². The number of likely N-dealkylation sites (tertiary alicyclic amines) is 1. The number of hydrogen-bond donors (Lipinski definition) is 3. The molecule has 1 saturated heterocycles. The Balaban J connectivity index is 1.92. The van der Waals surface area contributed by atoms with Crippen LogP contribution in [0.1, 0.15) is 31.2 Å². The summed E-state index contributed by atoms with van der Waals surface area (Å²) in [7, 11) is 1.87. The number of nitrogens with one attached hydrogen (secondary N) is 2. The Morgan fingerprint density at radius 3 is 2.96 bits per heavy atom. The smallest absolute Gasteiger partial charge is 0.234 e. The first-order valence-electron chi connectivity index (χ1n) is 8.17. The third kappa shape index (κ3) is 5.33. The van der Waals surface area contributed by atoms with Crippen molar-refractivity contribution < 1.29 is 9.59 Å². The van der Waals surface area contributed by atoms with E-state index in [9.17, 15) is 9.59 Å². The molecule has 126 valence electrons. The van der Waals surface area contributed by atoms with Crippen LogP contribution in [0.2, 0.25) is 0 Å². The summed E-state index contributed by atoms with van der Waals surface area (Å²) in [4.78, 5) is 25.4. The fraction of sp³-hybridized carbons (Fsp3) is 0.529. The number of primary amides is 1. The Kier molecular flexibility index (Phi) is 6.55. The van der Waals surface area contributed by atoms with Crippen LogP contribution < -0.4 is 16.4 Å². The monoisotopic (exact) mass is 318 g/mol. The Bertz CT molecular complexity index is 547. The maximum absolute atomic E-state index is 11.9. The van der Waals surface area contributed by atoms with E-state index in [1.807, 2.05) is 31.3 Å². The van der Waals surface area contributed by atoms with Gasteiger partial charge in [-0.2, -0.15) is 0 Å². The Morgan fingerprint density at radius 2 is 2.22 bits per heavy atom. The quantitative estimate of drug-likeness (QED) is 0.626. The summed E-state index contributed by atoms with van der Waals surface area (Å²) >= 11 is 0. The minimum absolute atomic E-state index is 0.0218. The van der Waals surface area contributed by atoms with Crippen LogP contribution in [0.4, 0.5) is 5.69 Å². The summed E-state index contributed by atoms with van der Waals surface area (Å²) in [6, 6.07) is 7.61. The van der Waals surface area contributed by atoms with Crippen LogP contribution >= 0.6 is 0 Å². The first-order chi connectivity index (χ1) is 11.1. The van der Waals surface area contributed by atoms with Crippen LogP contribution in [0.15, 0.2) is 24.3 Å². The highest BCUT2D eigenvalue weighted by Crippen LogP contribution is 2.21. The van der Waals surface area contributed by atoms with Crippen molar-refractivity contribution in [2.45, 2.75) is 38.3 Å². The standard InChI is InChI=1S/C17H26N4O2/c1-19-9-3-8-16(22)20-14-6-2-5-13(11-14)12-21-10-4-7-15(21)17(18)23/h2,5-6,11,15,19H,3-4,7-10,12H2,1H3,(H2,18,23)(H,20,22). The summed E-state index contributed by atoms with van der Waals surface area (Å²) in [5, 5.41) is 5.95. The maximum Gasteiger partial charge on any atom is 0.234 e. The SMILES string of the molecule is CNCCCC(=O)Nc1cccc(CN2CCCC2C(N)=O)c1. The molecule has 1 aromatic carbocycles. The van der Waals surface area contributed by atoms with E-state index in [-0.39, 0.29) is 17.9 Å². The molecule has 0 saturated carbocycles. The lowest BCUT2D eigenvalue weighted by molar-refractivity contribution is -0.122. The Labute approximate surface area is 137 Å². The van der Waals surface area contributed by atoms with Gasteiger partial charge in [0, 0.05) is 18.7 Å². The normalized spacial score (nSPS) is 18.0. The highest BCUT2D eigenvalue weighted by atomic mass is 16.2. The van der Waals surface area contributed by atoms with Gasteiger partial charge in [0.25, 0.3) is 0 Å². The molecular formula is C17H26N4O2. The topological polar surface area (TPSA) is 87.5 Å². The summed E-state index contributed by atoms with van der Waals surface area (Å²) in [6.07, 6.45) is 3.14. The molecule has 2 amide bonds. The van der Waals surface area contributed by atoms with Gasteiger partial charge in [-0.05, 0) is 57.1 Å². The minimum Gasteiger partial charge on any atom is -0.368 e. The van der Waals surface area contributed by atoms with Gasteiger partial charge in [-0.25, -0.2) is 0 Å². The molecule has 1 atom stereocenters. The molecule has 2 rings (SSSR count). The molecule has 0 aromatic heterocycles. The molecule has 1 fully saturated rings. The predicted octanol–water partition coefficient (Wildman–Crippen LogP) is 1.07. The molecule has 6 nitrogen and oxygen atoms in total. The van der Waals surface area contributed by atoms with Gasteiger partial charge in [0.2, 0.25) is 11.8 Å². The summed E-state index contributed by atoms with van der Waals surface area (Å²) in [6.45, 7) is 2.39. The van der Waals surface area contributed by atoms with Crippen LogP contribution in [0, 0.1) is 0 Å². The fourth-order valence-corrected chi connectivity index (χ4v) is 2.97. The van der Waals surface area contributed by atoms with Crippen molar-refractivity contribution >= 4 is 17.5 Å². The van der Waals surface area contributed by atoms with Gasteiger partial charge in [0.15, 0.2) is 0 Å². The Morgan fingerprint density at radius 1 is 1.39 bits per heavy atom. The molecule has 1 unspecified atom stereocenters. The van der Waals surface area contributed by atoms with Crippen molar-refractivity contribution in [2.24, 2.45) is 5.73 Å². The number of carbonyl (C=O) groups excluding carboxylic acids is 2. The average Bonchev–Trinajstić information content (AvgIpc) is 2.96. The zero-order valence-electron chi connectivity index (χ0n) is 13.7. The summed E-state index contributed by atoms with van der Waals surface area (Å²) in [5.41, 5.74) is 7.33. The lowest BCUT2D eigenvalue weighted by atomic mass is 10.1. The largest absolute Gasteiger partial charge is 0.368 e. The number of hydrogen-bond acceptors (Lipinski definition) is 4. The molecule has 1 aromatic rings. The molecule has 1 heterocycles. The van der Waals surface area contributed by atoms with Gasteiger partial charge < -0.3 is 16.4 Å². The zero-order chi connectivity index (χ0) is 16.7. The average molecular weight is 318 g/mol. The van der Waals surface area contributed by atoms with Gasteiger partial charge in [-0.3, -0.25) is 14.5 Å². The second kappa shape index (κ2) is 8.64. The van der Waals surface area contributed by atoms with Crippen molar-refractivity contribution in [3.8, 4) is 0 Å². The summed E-state index contributed by atoms with van der Waals surface area (Å²) < 4.78 is 0. The summed E-state index contributed by atoms with van der Waals surface area (Å²) in [5.74, 6) is -0.231. The van der Waals surface area contributed by atoms with E-state index in [1.165, 1.54) is 0 Å². The number of carbonyl (C=O) groups is 2. The van der Waals surface area contributed by atoms with E-state index in [1.54, 1.807) is 0 Å². The lowest BCUT2D eigenvalue weighted by Crippen LogP contribution is -2.39. The van der Waals surface area contributed by atoms with Crippen LogP contribution in [-0.4, -0.2) is 42.9 Å². The highest BCUT2D eigenvalue weighted by molar-refractivity contribution is 5.90. The van der Waals surface area contributed by atoms with E-state index in [2.05, 4.69) is 15.5 Å². The van der Waals surface area contributed by atoms with E-state index in [0.717, 1.165) is 43.6 Å². The number of amides is 2. The second-order valence-electron chi connectivity index (χ2n) is 5.99. The first-order valence-corrected chi connectivity index (χ1v) is 8.17. The lowest BCUT2D eigenvalue weighted by Gasteiger charge is -2.22. The fourth-order valence-electron chi connectivity index (χ4n) is 2.97. The number of nitrogens with zero attached hydrogens (tertiary/aromatic N) is 1. The molecule has 0 aliphatic carbocycles. The van der Waals surface area contributed by atoms with Crippen LogP contribution in [0.25, 0.3) is 0 Å². The van der Waals surface area contributed by atoms with Gasteiger partial charge in [0.05, 0.1) is 6.04 Å². The third-order valence-electron chi connectivity index (χ3n) is 4.12. The first kappa shape index (κ1) is 17.4. The van der Waals surface area contributed by atoms with Crippen molar-refractivity contribution in [3.05, 3.63) is 29.8 Å². The Hall–Kier alpha value is -1.92. The third-order valence-corrected chi connectivity index (χ3v) is 4.12. The molecule has 1 aliphatic heterocycles. The van der Waals surface area contributed by atoms with E-state index in [0.29, 0.717) is 13.0 Å². The van der Waals surface area contributed by atoms with Crippen LogP contribution in [0.5, 0.6) is 0 Å². The van der Waals surface area contributed by atoms with Crippen molar-refractivity contribution in [1.82, 2.24) is 10.2 Å². The molecule has 0 radical (unpaired) electrons. The van der Waals surface area contributed by atoms with Crippen molar-refractivity contribution in [1.29, 1.82) is 0 Å². The zero-order valence-corrected chi connectivity index (χ0v) is 13.7. The van der Waals surface area contributed by atoms with E-state index < -0.39 is 0 Å². The molecule has 23 heavy (non-hydrogen) atoms. The second-order valence-corrected chi connectivity index (χ2v) is 5.99. The number of anilines is 1. The minimum atomic E-state index is -0.253. The number of rotatable bonds is 8. The van der Waals surface area contributed by atoms with Crippen LogP contribution in [0.3, 0.4) is 0 Å². The van der Waals surface area contributed by atoms with Crippen molar-refractivity contribution in [2.75, 3.05) is 25.5 Å². The molecule has 4 N–H and O–H groups in total. The maximum atomic E-state index is 11.9. The van der Waals surface area contributed by atoms with Gasteiger partial charge in [-0.1, -0.05) is 12.1 Å². The van der Waals surface area contributed by atoms with Gasteiger partial charge >= 0.3 is 0 Å². The predicted molar refractivity (Wildman–Crippen MR) is 90.9 cm³/mol. The van der Waals surface area contributed by atoms with Gasteiger partial charge in [-0.15, -0.1) is 0 Å².